The third-order valence-corrected chi connectivity index (χ3v) is 4.47. The maximum atomic E-state index is 11.8. The first-order valence-electron chi connectivity index (χ1n) is 8.92. The number of fused-ring (bicyclic) bond motifs is 1. The number of hydrogen-bond acceptors (Lipinski definition) is 9. The van der Waals surface area contributed by atoms with Gasteiger partial charge in [0.05, 0.1) is 38.0 Å². The number of allylic oxidation sites excluding steroid dienone is 1. The maximum absolute atomic E-state index is 11.8. The lowest BCUT2D eigenvalue weighted by atomic mass is 9.98. The summed E-state index contributed by atoms with van der Waals surface area (Å²) < 4.78 is 20.8. The van der Waals surface area contributed by atoms with E-state index >= 15 is 0 Å². The molecule has 0 spiro atoms. The molecule has 0 radical (unpaired) electrons. The van der Waals surface area contributed by atoms with Crippen LogP contribution >= 0.6 is 0 Å². The van der Waals surface area contributed by atoms with Crippen molar-refractivity contribution in [2.45, 2.75) is 25.6 Å². The van der Waals surface area contributed by atoms with Crippen LogP contribution in [0.15, 0.2) is 47.2 Å². The molecule has 0 saturated heterocycles. The van der Waals surface area contributed by atoms with Crippen LogP contribution in [0.5, 0.6) is 11.5 Å². The van der Waals surface area contributed by atoms with E-state index in [0.29, 0.717) is 17.3 Å². The number of benzene rings is 1. The lowest BCUT2D eigenvalue weighted by Crippen LogP contribution is -2.40. The van der Waals surface area contributed by atoms with Gasteiger partial charge in [0.25, 0.3) is 5.70 Å². The van der Waals surface area contributed by atoms with Gasteiger partial charge in [-0.25, -0.2) is 9.79 Å². The van der Waals surface area contributed by atoms with Gasteiger partial charge in [-0.15, -0.1) is 0 Å². The average Bonchev–Trinajstić information content (AvgIpc) is 2.72. The predicted molar refractivity (Wildman–Crippen MR) is 102 cm³/mol. The quantitative estimate of drug-likeness (QED) is 0.405. The minimum absolute atomic E-state index is 0.0702. The van der Waals surface area contributed by atoms with Crippen LogP contribution in [0.1, 0.15) is 24.9 Å². The summed E-state index contributed by atoms with van der Waals surface area (Å²) in [7, 11) is 3.06. The molecular formula is C19H21N3O7. The third kappa shape index (κ3) is 4.31. The van der Waals surface area contributed by atoms with Gasteiger partial charge < -0.3 is 23.8 Å². The minimum Gasteiger partial charge on any atom is -0.493 e. The Labute approximate surface area is 167 Å². The van der Waals surface area contributed by atoms with E-state index in [1.165, 1.54) is 32.6 Å². The highest BCUT2D eigenvalue weighted by atomic mass is 16.7. The van der Waals surface area contributed by atoms with E-state index in [0.717, 1.165) is 5.56 Å². The van der Waals surface area contributed by atoms with Crippen molar-refractivity contribution in [1.82, 2.24) is 4.90 Å². The topological polar surface area (TPSA) is 113 Å². The van der Waals surface area contributed by atoms with Crippen LogP contribution in [0, 0.1) is 10.1 Å². The molecule has 154 valence electrons. The van der Waals surface area contributed by atoms with Gasteiger partial charge in [0.1, 0.15) is 5.84 Å². The number of rotatable bonds is 6. The summed E-state index contributed by atoms with van der Waals surface area (Å²) in [6.07, 6.45) is 2.95. The van der Waals surface area contributed by atoms with Crippen molar-refractivity contribution in [2.24, 2.45) is 4.99 Å². The van der Waals surface area contributed by atoms with Crippen LogP contribution in [-0.2, 0) is 9.47 Å². The van der Waals surface area contributed by atoms with Gasteiger partial charge >= 0.3 is 6.16 Å². The molecule has 29 heavy (non-hydrogen) atoms. The second-order valence-electron chi connectivity index (χ2n) is 6.16. The Bertz CT molecular complexity index is 894. The van der Waals surface area contributed by atoms with Crippen molar-refractivity contribution in [3.63, 3.8) is 0 Å². The van der Waals surface area contributed by atoms with E-state index < -0.39 is 17.3 Å². The maximum Gasteiger partial charge on any atom is 0.510 e. The molecule has 0 bridgehead atoms. The molecule has 0 amide bonds. The van der Waals surface area contributed by atoms with E-state index in [1.54, 1.807) is 24.0 Å². The molecule has 0 saturated carbocycles. The van der Waals surface area contributed by atoms with Crippen LogP contribution < -0.4 is 9.47 Å². The highest BCUT2D eigenvalue weighted by Crippen LogP contribution is 2.38. The highest BCUT2D eigenvalue weighted by Gasteiger charge is 2.35. The Morgan fingerprint density at radius 3 is 2.69 bits per heavy atom. The number of ether oxygens (including phenoxy) is 4. The van der Waals surface area contributed by atoms with E-state index in [9.17, 15) is 14.9 Å². The Morgan fingerprint density at radius 2 is 2.03 bits per heavy atom. The Balaban J connectivity index is 1.98. The first kappa shape index (κ1) is 20.2. The van der Waals surface area contributed by atoms with Gasteiger partial charge in [-0.3, -0.25) is 10.1 Å². The molecule has 0 aliphatic carbocycles. The molecule has 2 atom stereocenters. The van der Waals surface area contributed by atoms with E-state index in [-0.39, 0.29) is 24.8 Å². The predicted octanol–water partition coefficient (Wildman–Crippen LogP) is 3.04. The van der Waals surface area contributed by atoms with E-state index in [1.807, 2.05) is 6.07 Å². The molecule has 2 unspecified atom stereocenters. The van der Waals surface area contributed by atoms with Crippen LogP contribution in [0.4, 0.5) is 4.79 Å². The average molecular weight is 403 g/mol. The zero-order valence-corrected chi connectivity index (χ0v) is 16.2. The first-order valence-corrected chi connectivity index (χ1v) is 8.92. The first-order chi connectivity index (χ1) is 14.0. The molecule has 10 heteroatoms. The van der Waals surface area contributed by atoms with Crippen molar-refractivity contribution in [3.05, 3.63) is 57.9 Å². The Morgan fingerprint density at radius 1 is 1.28 bits per heavy atom. The summed E-state index contributed by atoms with van der Waals surface area (Å²) in [4.78, 5) is 28.6. The molecule has 2 aliphatic rings. The molecule has 2 heterocycles. The molecular weight excluding hydrogens is 382 g/mol. The van der Waals surface area contributed by atoms with Gasteiger partial charge in [-0.1, -0.05) is 6.07 Å². The fraction of sp³-hybridized carbons (Fsp3) is 0.368. The number of carbonyl (C=O) groups excluding carboxylic acids is 1. The highest BCUT2D eigenvalue weighted by molar-refractivity contribution is 5.96. The van der Waals surface area contributed by atoms with Gasteiger partial charge in [-0.05, 0) is 30.7 Å². The van der Waals surface area contributed by atoms with Gasteiger partial charge in [-0.2, -0.15) is 0 Å². The number of carbonyl (C=O) groups is 1. The van der Waals surface area contributed by atoms with Crippen LogP contribution in [-0.4, -0.2) is 48.9 Å². The zero-order valence-electron chi connectivity index (χ0n) is 16.2. The number of methoxy groups -OCH3 is 2. The lowest BCUT2D eigenvalue weighted by molar-refractivity contribution is -0.420. The molecule has 10 nitrogen and oxygen atoms in total. The molecule has 3 rings (SSSR count). The number of hydrogen-bond donors (Lipinski definition) is 0. The summed E-state index contributed by atoms with van der Waals surface area (Å²) in [5.74, 6) is 1.51. The SMILES string of the molecule is CCOC(=O)OC1CC(c2ccc(OC)c(OC)c2)N2C=C([N+](=O)[O-])C=CC2=N1. The monoisotopic (exact) mass is 403 g/mol. The van der Waals surface area contributed by atoms with Crippen molar-refractivity contribution in [3.8, 4) is 11.5 Å². The van der Waals surface area contributed by atoms with Gasteiger partial charge in [0, 0.05) is 12.5 Å². The number of amidine groups is 1. The van der Waals surface area contributed by atoms with E-state index in [4.69, 9.17) is 18.9 Å². The summed E-state index contributed by atoms with van der Waals surface area (Å²) in [5.41, 5.74) is 0.723. The molecule has 1 aromatic carbocycles. The minimum atomic E-state index is -0.817. The standard InChI is InChI=1S/C19H21N3O7/c1-4-28-19(23)29-18-10-14(12-5-7-15(26-2)16(9-12)27-3)21-11-13(22(24)25)6-8-17(21)20-18/h5-9,11,14,18H,4,10H2,1-3H3. The van der Waals surface area contributed by atoms with Gasteiger partial charge in [0.2, 0.25) is 6.23 Å². The number of nitro groups is 1. The van der Waals surface area contributed by atoms with Crippen molar-refractivity contribution < 1.29 is 28.7 Å². The second kappa shape index (κ2) is 8.63. The Kier molecular flexibility index (Phi) is 6.01. The molecule has 1 aromatic rings. The Hall–Kier alpha value is -3.56. The fourth-order valence-corrected chi connectivity index (χ4v) is 3.16. The zero-order chi connectivity index (χ0) is 21.0. The van der Waals surface area contributed by atoms with E-state index in [2.05, 4.69) is 4.99 Å². The normalized spacial score (nSPS) is 20.2. The number of aliphatic imine (C=N–C) groups is 1. The molecule has 2 aliphatic heterocycles. The van der Waals surface area contributed by atoms with Crippen LogP contribution in [0.3, 0.4) is 0 Å². The third-order valence-electron chi connectivity index (χ3n) is 4.47. The van der Waals surface area contributed by atoms with Gasteiger partial charge in [0.15, 0.2) is 11.5 Å². The fourth-order valence-electron chi connectivity index (χ4n) is 3.16. The van der Waals surface area contributed by atoms with Crippen molar-refractivity contribution in [2.75, 3.05) is 20.8 Å². The molecule has 0 aromatic heterocycles. The molecule has 0 N–H and O–H groups in total. The smallest absolute Gasteiger partial charge is 0.493 e. The number of nitrogens with zero attached hydrogens (tertiary/aromatic N) is 3. The van der Waals surface area contributed by atoms with Crippen molar-refractivity contribution in [1.29, 1.82) is 0 Å². The van der Waals surface area contributed by atoms with Crippen LogP contribution in [0.2, 0.25) is 0 Å². The largest absolute Gasteiger partial charge is 0.510 e. The van der Waals surface area contributed by atoms with Crippen LogP contribution in [0.25, 0.3) is 0 Å². The summed E-state index contributed by atoms with van der Waals surface area (Å²) in [5, 5.41) is 11.2. The lowest BCUT2D eigenvalue weighted by Gasteiger charge is -2.37. The summed E-state index contributed by atoms with van der Waals surface area (Å²) in [6, 6.07) is 4.97. The summed E-state index contributed by atoms with van der Waals surface area (Å²) in [6.45, 7) is 1.86. The second-order valence-corrected chi connectivity index (χ2v) is 6.16. The summed E-state index contributed by atoms with van der Waals surface area (Å²) >= 11 is 0. The van der Waals surface area contributed by atoms with Crippen molar-refractivity contribution >= 4 is 12.0 Å². The molecule has 0 fully saturated rings.